The second-order valence-corrected chi connectivity index (χ2v) is 12.1. The number of allylic oxidation sites excluding steroid dienone is 1. The zero-order valence-corrected chi connectivity index (χ0v) is 25.3. The quantitative estimate of drug-likeness (QED) is 0.187. The molecule has 0 atom stereocenters. The Morgan fingerprint density at radius 1 is 0.432 bits per heavy atom. The van der Waals surface area contributed by atoms with Crippen LogP contribution in [0.2, 0.25) is 0 Å². The van der Waals surface area contributed by atoms with Crippen LogP contribution in [-0.2, 0) is 6.42 Å². The summed E-state index contributed by atoms with van der Waals surface area (Å²) in [6.07, 6.45) is 6.87. The van der Waals surface area contributed by atoms with Crippen molar-refractivity contribution in [1.29, 1.82) is 0 Å². The molecule has 0 saturated heterocycles. The molecule has 1 aliphatic carbocycles. The maximum Gasteiger partial charge on any atom is -0.00262 e. The molecule has 0 fully saturated rings. The summed E-state index contributed by atoms with van der Waals surface area (Å²) in [7, 11) is 0. The smallest absolute Gasteiger partial charge is 0.00262 e. The molecule has 0 nitrogen and oxygen atoms in total. The van der Waals surface area contributed by atoms with Crippen molar-refractivity contribution >= 4 is 27.6 Å². The monoisotopic (exact) mass is 562 g/mol. The average Bonchev–Trinajstić information content (AvgIpc) is 3.08. The van der Waals surface area contributed by atoms with Crippen molar-refractivity contribution in [2.45, 2.75) is 26.7 Å². The average molecular weight is 563 g/mol. The summed E-state index contributed by atoms with van der Waals surface area (Å²) in [4.78, 5) is 0. The van der Waals surface area contributed by atoms with E-state index in [2.05, 4.69) is 159 Å². The highest BCUT2D eigenvalue weighted by molar-refractivity contribution is 6.21. The Bertz CT molecular complexity index is 2170. The predicted molar refractivity (Wildman–Crippen MR) is 190 cm³/mol. The van der Waals surface area contributed by atoms with Gasteiger partial charge < -0.3 is 0 Å². The summed E-state index contributed by atoms with van der Waals surface area (Å²) in [6.45, 7) is 4.51. The summed E-state index contributed by atoms with van der Waals surface area (Å²) >= 11 is 0. The molecule has 0 radical (unpaired) electrons. The minimum absolute atomic E-state index is 1.13. The van der Waals surface area contributed by atoms with Crippen LogP contribution in [0.4, 0.5) is 0 Å². The van der Waals surface area contributed by atoms with E-state index in [-0.39, 0.29) is 0 Å². The van der Waals surface area contributed by atoms with Crippen LogP contribution in [0, 0.1) is 13.8 Å². The summed E-state index contributed by atoms with van der Waals surface area (Å²) in [5.74, 6) is 0. The van der Waals surface area contributed by atoms with Gasteiger partial charge in [-0.05, 0) is 133 Å². The largest absolute Gasteiger partial charge is 0.0836 e. The summed E-state index contributed by atoms with van der Waals surface area (Å²) < 4.78 is 0. The number of aryl methyl sites for hydroxylation is 3. The first-order valence-electron chi connectivity index (χ1n) is 15.7. The van der Waals surface area contributed by atoms with E-state index in [0.29, 0.717) is 0 Å². The SMILES string of the molecule is Cc1ccc(-c2c3ccccc3c(-c3cccc(-c4ccccc4)c3)c3ccccc23)cc1-c1cc2c(cc1C)CCC=C2. The Labute approximate surface area is 260 Å². The fraction of sp³-hybridized carbons (Fsp3) is 0.0909. The van der Waals surface area contributed by atoms with Gasteiger partial charge in [-0.15, -0.1) is 0 Å². The van der Waals surface area contributed by atoms with Crippen LogP contribution < -0.4 is 0 Å². The van der Waals surface area contributed by atoms with Crippen LogP contribution in [0.5, 0.6) is 0 Å². The first-order chi connectivity index (χ1) is 21.7. The molecule has 7 aromatic rings. The number of fused-ring (bicyclic) bond motifs is 3. The Kier molecular flexibility index (Phi) is 6.50. The Balaban J connectivity index is 1.37. The number of hydrogen-bond acceptors (Lipinski definition) is 0. The van der Waals surface area contributed by atoms with E-state index in [1.165, 1.54) is 88.3 Å². The highest BCUT2D eigenvalue weighted by atomic mass is 14.2. The third-order valence-electron chi connectivity index (χ3n) is 9.37. The molecule has 0 amide bonds. The van der Waals surface area contributed by atoms with Gasteiger partial charge in [0.15, 0.2) is 0 Å². The van der Waals surface area contributed by atoms with E-state index in [0.717, 1.165) is 12.8 Å². The minimum Gasteiger partial charge on any atom is -0.0836 e. The number of rotatable bonds is 4. The van der Waals surface area contributed by atoms with E-state index in [9.17, 15) is 0 Å². The minimum atomic E-state index is 1.13. The molecule has 0 N–H and O–H groups in total. The fourth-order valence-corrected chi connectivity index (χ4v) is 7.20. The zero-order chi connectivity index (χ0) is 29.6. The van der Waals surface area contributed by atoms with Gasteiger partial charge in [-0.25, -0.2) is 0 Å². The van der Waals surface area contributed by atoms with Gasteiger partial charge in [-0.3, -0.25) is 0 Å². The van der Waals surface area contributed by atoms with Crippen molar-refractivity contribution in [3.63, 3.8) is 0 Å². The van der Waals surface area contributed by atoms with Crippen molar-refractivity contribution in [1.82, 2.24) is 0 Å². The molecule has 8 rings (SSSR count). The Hall–Kier alpha value is -5.20. The molecule has 0 bridgehead atoms. The maximum atomic E-state index is 2.43. The second-order valence-electron chi connectivity index (χ2n) is 12.1. The molecule has 7 aromatic carbocycles. The lowest BCUT2D eigenvalue weighted by atomic mass is 9.83. The molecule has 0 heteroatoms. The standard InChI is InChI=1S/C44H34/c1-29-23-24-36(28-41(29)42-27-34-16-7-6-15-32(34)25-30(42)2)44-39-21-10-8-19-37(39)43(38-20-9-11-22-40(38)44)35-18-12-17-33(26-35)31-13-4-3-5-14-31/h3-5,7-14,16-28H,6,15H2,1-2H3. The van der Waals surface area contributed by atoms with E-state index in [4.69, 9.17) is 0 Å². The highest BCUT2D eigenvalue weighted by Crippen LogP contribution is 2.45. The molecular weight excluding hydrogens is 528 g/mol. The third-order valence-corrected chi connectivity index (χ3v) is 9.37. The molecule has 44 heavy (non-hydrogen) atoms. The van der Waals surface area contributed by atoms with Crippen molar-refractivity contribution in [2.24, 2.45) is 0 Å². The molecule has 0 heterocycles. The molecule has 0 spiro atoms. The van der Waals surface area contributed by atoms with Crippen molar-refractivity contribution in [3.05, 3.63) is 162 Å². The van der Waals surface area contributed by atoms with E-state index < -0.39 is 0 Å². The van der Waals surface area contributed by atoms with Crippen LogP contribution >= 0.6 is 0 Å². The van der Waals surface area contributed by atoms with Crippen molar-refractivity contribution in [2.75, 3.05) is 0 Å². The molecule has 0 saturated carbocycles. The van der Waals surface area contributed by atoms with Gasteiger partial charge in [0.05, 0.1) is 0 Å². The number of benzene rings is 7. The predicted octanol–water partition coefficient (Wildman–Crippen LogP) is 12.2. The molecule has 0 unspecified atom stereocenters. The van der Waals surface area contributed by atoms with Crippen LogP contribution in [0.3, 0.4) is 0 Å². The lowest BCUT2D eigenvalue weighted by Crippen LogP contribution is -1.98. The summed E-state index contributed by atoms with van der Waals surface area (Å²) in [6, 6.07) is 49.5. The molecule has 0 aliphatic heterocycles. The first kappa shape index (κ1) is 26.4. The third kappa shape index (κ3) is 4.46. The molecular formula is C44H34. The van der Waals surface area contributed by atoms with Crippen molar-refractivity contribution in [3.8, 4) is 44.5 Å². The Morgan fingerprint density at radius 3 is 1.68 bits per heavy atom. The lowest BCUT2D eigenvalue weighted by Gasteiger charge is -2.20. The van der Waals surface area contributed by atoms with Gasteiger partial charge >= 0.3 is 0 Å². The molecule has 1 aliphatic rings. The maximum absolute atomic E-state index is 2.43. The van der Waals surface area contributed by atoms with E-state index in [1.807, 2.05) is 0 Å². The van der Waals surface area contributed by atoms with Crippen LogP contribution in [0.25, 0.3) is 72.1 Å². The van der Waals surface area contributed by atoms with Gasteiger partial charge in [0.25, 0.3) is 0 Å². The van der Waals surface area contributed by atoms with Gasteiger partial charge in [-0.1, -0.05) is 127 Å². The van der Waals surface area contributed by atoms with Gasteiger partial charge in [0, 0.05) is 0 Å². The second kappa shape index (κ2) is 10.8. The van der Waals surface area contributed by atoms with Crippen LogP contribution in [0.1, 0.15) is 28.7 Å². The van der Waals surface area contributed by atoms with Crippen LogP contribution in [0.15, 0.2) is 140 Å². The Morgan fingerprint density at radius 2 is 1.00 bits per heavy atom. The number of hydrogen-bond donors (Lipinski definition) is 0. The molecule has 0 aromatic heterocycles. The van der Waals surface area contributed by atoms with Crippen LogP contribution in [-0.4, -0.2) is 0 Å². The normalized spacial score (nSPS) is 12.5. The zero-order valence-electron chi connectivity index (χ0n) is 25.3. The van der Waals surface area contributed by atoms with E-state index in [1.54, 1.807) is 0 Å². The highest BCUT2D eigenvalue weighted by Gasteiger charge is 2.18. The van der Waals surface area contributed by atoms with Gasteiger partial charge in [0.1, 0.15) is 0 Å². The summed E-state index contributed by atoms with van der Waals surface area (Å²) in [5, 5.41) is 5.13. The van der Waals surface area contributed by atoms with Gasteiger partial charge in [0.2, 0.25) is 0 Å². The van der Waals surface area contributed by atoms with Crippen molar-refractivity contribution < 1.29 is 0 Å². The van der Waals surface area contributed by atoms with Gasteiger partial charge in [-0.2, -0.15) is 0 Å². The fourth-order valence-electron chi connectivity index (χ4n) is 7.20. The topological polar surface area (TPSA) is 0 Å². The lowest BCUT2D eigenvalue weighted by molar-refractivity contribution is 0.983. The summed E-state index contributed by atoms with van der Waals surface area (Å²) in [5.41, 5.74) is 15.7. The van der Waals surface area contributed by atoms with E-state index >= 15 is 0 Å². The molecule has 210 valence electrons. The first-order valence-corrected chi connectivity index (χ1v) is 15.7.